The van der Waals surface area contributed by atoms with E-state index in [4.69, 9.17) is 38.5 Å². The lowest BCUT2D eigenvalue weighted by Gasteiger charge is -2.20. The second-order valence-electron chi connectivity index (χ2n) is 17.1. The standard InChI is InChI=1S/C14H20O6.C13H19NO3S.C12H16O2.C9H16O2.C5H9N/c1-3-10(2)14(17)18-6-7-19-20-9-11-4-5-12(15)8-13(11)16;1-5-13(3,4)12(15)14-18(16)17-11-8-6-10(2)7-9-11;1-3-10(2)12(13)14-9-11-7-5-4-6-8-11;1-5-7-11-8(10)9(3,4)6-2;1-3-5(2)4-6/h4-5,8,10,15-16H,3,6-7,9H2,1-2H3;6-9H,5H2,1-4H3,(H,14,15);4-8,10H,3,9H2,1-2H3;5H,1,6-7H2,2-4H3;5H,3H2,1-2H3. The van der Waals surface area contributed by atoms with Gasteiger partial charge in [-0.2, -0.15) is 9.47 Å². The van der Waals surface area contributed by atoms with Crippen molar-refractivity contribution in [2.45, 2.75) is 135 Å². The van der Waals surface area contributed by atoms with Gasteiger partial charge in [-0.15, -0.1) is 0 Å². The number of rotatable bonds is 22. The zero-order valence-corrected chi connectivity index (χ0v) is 44.1. The fourth-order valence-electron chi connectivity index (χ4n) is 4.00. The van der Waals surface area contributed by atoms with Crippen LogP contribution in [0.3, 0.4) is 0 Å². The zero-order chi connectivity index (χ0) is 53.0. The summed E-state index contributed by atoms with van der Waals surface area (Å²) in [6.07, 6.45) is 5.56. The molecule has 0 heterocycles. The topological polar surface area (TPSA) is 217 Å². The second-order valence-corrected chi connectivity index (χ2v) is 18.0. The van der Waals surface area contributed by atoms with Gasteiger partial charge in [-0.25, -0.2) is 14.5 Å². The Hall–Kier alpha value is -5.76. The number of nitriles is 1. The van der Waals surface area contributed by atoms with Gasteiger partial charge in [0.25, 0.3) is 0 Å². The minimum absolute atomic E-state index is 0.00119. The molecule has 0 aliphatic heterocycles. The van der Waals surface area contributed by atoms with E-state index in [1.165, 1.54) is 18.2 Å². The number of carbonyl (C=O) groups excluding carboxylic acids is 4. The fourth-order valence-corrected chi connectivity index (χ4v) is 4.76. The quantitative estimate of drug-likeness (QED) is 0.0213. The van der Waals surface area contributed by atoms with Crippen molar-refractivity contribution in [3.63, 3.8) is 0 Å². The highest BCUT2D eigenvalue weighted by Gasteiger charge is 2.27. The lowest BCUT2D eigenvalue weighted by Crippen LogP contribution is -2.38. The first-order chi connectivity index (χ1) is 32.5. The maximum absolute atomic E-state index is 11.8. The summed E-state index contributed by atoms with van der Waals surface area (Å²) in [5, 5.41) is 26.7. The van der Waals surface area contributed by atoms with Crippen LogP contribution in [0.4, 0.5) is 0 Å². The summed E-state index contributed by atoms with van der Waals surface area (Å²) in [6, 6.07) is 23.1. The number of nitrogens with zero attached hydrogens (tertiary/aromatic N) is 1. The summed E-state index contributed by atoms with van der Waals surface area (Å²) in [5.41, 5.74) is 1.70. The van der Waals surface area contributed by atoms with Crippen molar-refractivity contribution in [3.05, 3.63) is 102 Å². The number of aromatic hydroxyl groups is 2. The number of benzene rings is 3. The van der Waals surface area contributed by atoms with E-state index in [-0.39, 0.29) is 78.3 Å². The van der Waals surface area contributed by atoms with E-state index in [0.29, 0.717) is 30.9 Å². The van der Waals surface area contributed by atoms with Gasteiger partial charge < -0.3 is 28.6 Å². The van der Waals surface area contributed by atoms with Crippen LogP contribution in [0.2, 0.25) is 0 Å². The van der Waals surface area contributed by atoms with E-state index in [0.717, 1.165) is 36.8 Å². The number of hydrogen-bond donors (Lipinski definition) is 3. The van der Waals surface area contributed by atoms with Crippen molar-refractivity contribution in [1.29, 1.82) is 5.26 Å². The van der Waals surface area contributed by atoms with Crippen LogP contribution in [0, 0.1) is 46.8 Å². The zero-order valence-electron chi connectivity index (χ0n) is 43.3. The Labute approximate surface area is 414 Å². The third-order valence-electron chi connectivity index (χ3n) is 10.5. The molecule has 0 radical (unpaired) electrons. The van der Waals surface area contributed by atoms with Gasteiger partial charge in [0, 0.05) is 23.0 Å². The highest BCUT2D eigenvalue weighted by atomic mass is 32.2. The molecule has 3 N–H and O–H groups in total. The van der Waals surface area contributed by atoms with Crippen LogP contribution in [0.5, 0.6) is 17.2 Å². The van der Waals surface area contributed by atoms with Gasteiger partial charge in [-0.1, -0.05) is 123 Å². The molecule has 0 saturated carbocycles. The number of aryl methyl sites for hydroxylation is 1. The van der Waals surface area contributed by atoms with Crippen LogP contribution in [0.25, 0.3) is 0 Å². The summed E-state index contributed by atoms with van der Waals surface area (Å²) in [4.78, 5) is 55.3. The molecule has 0 bridgehead atoms. The van der Waals surface area contributed by atoms with E-state index in [9.17, 15) is 28.5 Å². The molecule has 4 unspecified atom stereocenters. The lowest BCUT2D eigenvalue weighted by atomic mass is 9.90. The van der Waals surface area contributed by atoms with Gasteiger partial charge in [0.05, 0.1) is 23.3 Å². The van der Waals surface area contributed by atoms with Crippen LogP contribution in [0.15, 0.2) is 85.5 Å². The first-order valence-electron chi connectivity index (χ1n) is 23.3. The summed E-state index contributed by atoms with van der Waals surface area (Å²) >= 11 is -1.86. The Morgan fingerprint density at radius 3 is 1.80 bits per heavy atom. The number of phenols is 2. The van der Waals surface area contributed by atoms with Gasteiger partial charge in [-0.05, 0) is 89.6 Å². The predicted octanol–water partition coefficient (Wildman–Crippen LogP) is 11.1. The van der Waals surface area contributed by atoms with E-state index < -0.39 is 16.7 Å². The molecule has 3 aromatic rings. The highest BCUT2D eigenvalue weighted by Crippen LogP contribution is 2.24. The van der Waals surface area contributed by atoms with Crippen LogP contribution in [-0.4, -0.2) is 58.1 Å². The molecule has 15 nitrogen and oxygen atoms in total. The number of carbonyl (C=O) groups is 4. The van der Waals surface area contributed by atoms with Gasteiger partial charge >= 0.3 is 29.2 Å². The first-order valence-corrected chi connectivity index (χ1v) is 24.3. The first kappa shape index (κ1) is 65.3. The van der Waals surface area contributed by atoms with Crippen molar-refractivity contribution >= 4 is 35.1 Å². The van der Waals surface area contributed by atoms with Gasteiger partial charge in [0.1, 0.15) is 50.3 Å². The van der Waals surface area contributed by atoms with Crippen molar-refractivity contribution < 1.29 is 61.8 Å². The number of hydrogen-bond acceptors (Lipinski definition) is 14. The molecule has 3 rings (SSSR count). The Bertz CT molecular complexity index is 1980. The second kappa shape index (κ2) is 37.2. The van der Waals surface area contributed by atoms with Crippen molar-refractivity contribution in [3.8, 4) is 23.3 Å². The summed E-state index contributed by atoms with van der Waals surface area (Å²) in [7, 11) is 0. The number of nitrogens with one attached hydrogen (secondary N) is 1. The Morgan fingerprint density at radius 2 is 1.32 bits per heavy atom. The third-order valence-corrected chi connectivity index (χ3v) is 11.2. The number of esters is 3. The molecule has 0 aliphatic rings. The molecule has 69 heavy (non-hydrogen) atoms. The normalized spacial score (nSPS) is 12.2. The maximum Gasteiger partial charge on any atom is 0.318 e. The average molecular weight is 985 g/mol. The molecule has 0 spiro atoms. The Kier molecular flexibility index (Phi) is 35.2. The van der Waals surface area contributed by atoms with Crippen molar-refractivity contribution in [2.75, 3.05) is 19.8 Å². The van der Waals surface area contributed by atoms with E-state index in [2.05, 4.69) is 17.4 Å². The fraction of sp³-hybridized carbons (Fsp3) is 0.528. The molecular formula is C53H80N2O13S. The number of phenolic OH excluding ortho intramolecular Hbond substituents is 2. The molecule has 4 atom stereocenters. The molecule has 1 amide bonds. The summed E-state index contributed by atoms with van der Waals surface area (Å²) in [6.45, 7) is 29.1. The minimum Gasteiger partial charge on any atom is -0.508 e. The average Bonchev–Trinajstić information content (AvgIpc) is 3.34. The lowest BCUT2D eigenvalue weighted by molar-refractivity contribution is -0.307. The van der Waals surface area contributed by atoms with Gasteiger partial charge in [0.15, 0.2) is 0 Å². The van der Waals surface area contributed by atoms with Crippen LogP contribution < -0.4 is 8.91 Å². The molecule has 0 aliphatic carbocycles. The Morgan fingerprint density at radius 1 is 0.754 bits per heavy atom. The largest absolute Gasteiger partial charge is 0.508 e. The maximum atomic E-state index is 11.8. The van der Waals surface area contributed by atoms with Crippen LogP contribution in [-0.2, 0) is 67.6 Å². The minimum atomic E-state index is -1.86. The molecule has 0 saturated heterocycles. The van der Waals surface area contributed by atoms with Crippen molar-refractivity contribution in [1.82, 2.24) is 4.72 Å². The molecule has 0 aromatic heterocycles. The van der Waals surface area contributed by atoms with E-state index in [1.807, 2.05) is 112 Å². The number of ether oxygens (including phenoxy) is 3. The monoisotopic (exact) mass is 985 g/mol. The third kappa shape index (κ3) is 31.1. The van der Waals surface area contributed by atoms with Crippen LogP contribution in [0.1, 0.15) is 132 Å². The predicted molar refractivity (Wildman–Crippen MR) is 269 cm³/mol. The van der Waals surface area contributed by atoms with Crippen LogP contribution >= 0.6 is 0 Å². The molecule has 3 aromatic carbocycles. The number of amides is 1. The molecule has 0 fully saturated rings. The SMILES string of the molecule is C=CCOC(=O)C(C)(C)CC.CCC(C)(C)C(=O)NS(=O)Oc1ccc(C)cc1.CCC(C)C#N.CCC(C)C(=O)OCCOOCc1ccc(O)cc1O.CCC(C)C(=O)OCc1ccccc1. The summed E-state index contributed by atoms with van der Waals surface area (Å²) < 4.78 is 34.1. The molecular weight excluding hydrogens is 905 g/mol. The van der Waals surface area contributed by atoms with Crippen molar-refractivity contribution in [2.24, 2.45) is 28.6 Å². The highest BCUT2D eigenvalue weighted by molar-refractivity contribution is 7.79. The smallest absolute Gasteiger partial charge is 0.318 e. The van der Waals surface area contributed by atoms with Gasteiger partial charge in [-0.3, -0.25) is 19.2 Å². The van der Waals surface area contributed by atoms with E-state index in [1.54, 1.807) is 39.0 Å². The molecule has 16 heteroatoms. The molecule has 386 valence electrons. The van der Waals surface area contributed by atoms with Gasteiger partial charge in [0.2, 0.25) is 5.91 Å². The van der Waals surface area contributed by atoms with E-state index >= 15 is 0 Å². The summed E-state index contributed by atoms with van der Waals surface area (Å²) in [5.74, 6) is -0.318. The Balaban J connectivity index is 0.